The van der Waals surface area contributed by atoms with Crippen LogP contribution in [0.25, 0.3) is 0 Å². The summed E-state index contributed by atoms with van der Waals surface area (Å²) in [4.78, 5) is 36.0. The first kappa shape index (κ1) is 31.9. The molecule has 1 aliphatic heterocycles. The molecule has 2 atom stereocenters. The molecule has 2 aliphatic rings. The Bertz CT molecular complexity index is 1270. The molecule has 0 radical (unpaired) electrons. The maximum absolute atomic E-state index is 12.4. The van der Waals surface area contributed by atoms with Crippen LogP contribution in [0, 0.1) is 5.41 Å². The summed E-state index contributed by atoms with van der Waals surface area (Å²) in [6.07, 6.45) is -1.51. The topological polar surface area (TPSA) is 158 Å². The van der Waals surface area contributed by atoms with Gasteiger partial charge in [0.1, 0.15) is 24.1 Å². The van der Waals surface area contributed by atoms with Gasteiger partial charge in [0.05, 0.1) is 10.5 Å². The van der Waals surface area contributed by atoms with Crippen LogP contribution in [0.15, 0.2) is 46.9 Å². The third-order valence-corrected chi connectivity index (χ3v) is 7.03. The molecule has 2 fully saturated rings. The number of carboxylic acids is 1. The summed E-state index contributed by atoms with van der Waals surface area (Å²) in [5.41, 5.74) is 7.45. The van der Waals surface area contributed by atoms with Crippen molar-refractivity contribution in [3.05, 3.63) is 58.1 Å². The second kappa shape index (κ2) is 13.8. The quantitative estimate of drug-likeness (QED) is 0.156. The third-order valence-electron chi connectivity index (χ3n) is 6.41. The van der Waals surface area contributed by atoms with Crippen molar-refractivity contribution in [2.45, 2.75) is 57.0 Å². The van der Waals surface area contributed by atoms with Crippen LogP contribution in [-0.2, 0) is 14.4 Å². The van der Waals surface area contributed by atoms with Crippen LogP contribution >= 0.6 is 15.9 Å². The van der Waals surface area contributed by atoms with Crippen LogP contribution in [0.5, 0.6) is 5.75 Å². The maximum Gasteiger partial charge on any atom is 0.490 e. The Labute approximate surface area is 243 Å². The molecule has 10 nitrogen and oxygen atoms in total. The van der Waals surface area contributed by atoms with E-state index < -0.39 is 18.1 Å². The number of aliphatic carboxylic acids is 1. The van der Waals surface area contributed by atoms with Gasteiger partial charge >= 0.3 is 12.1 Å². The Hall–Kier alpha value is -3.65. The lowest BCUT2D eigenvalue weighted by atomic mass is 10.1. The van der Waals surface area contributed by atoms with E-state index in [1.54, 1.807) is 24.3 Å². The van der Waals surface area contributed by atoms with Gasteiger partial charge in [-0.3, -0.25) is 19.9 Å². The molecular formula is C27H31BrF3N5O5. The zero-order chi connectivity index (χ0) is 30.3. The number of nitrogens with one attached hydrogen (secondary N) is 3. The van der Waals surface area contributed by atoms with Crippen molar-refractivity contribution in [2.75, 3.05) is 18.4 Å². The number of benzene rings is 2. The lowest BCUT2D eigenvalue weighted by Crippen LogP contribution is -2.30. The van der Waals surface area contributed by atoms with Gasteiger partial charge in [-0.05, 0) is 84.1 Å². The number of likely N-dealkylation sites (tertiary alicyclic amines) is 1. The maximum atomic E-state index is 12.4. The van der Waals surface area contributed by atoms with Gasteiger partial charge in [0, 0.05) is 30.4 Å². The van der Waals surface area contributed by atoms with E-state index in [0.29, 0.717) is 11.3 Å². The van der Waals surface area contributed by atoms with Gasteiger partial charge in [0.25, 0.3) is 0 Å². The molecule has 4 rings (SSSR count). The highest BCUT2D eigenvalue weighted by atomic mass is 79.9. The molecule has 2 aromatic rings. The van der Waals surface area contributed by atoms with E-state index >= 15 is 0 Å². The Morgan fingerprint density at radius 3 is 2.32 bits per heavy atom. The number of amides is 2. The highest BCUT2D eigenvalue weighted by molar-refractivity contribution is 9.10. The zero-order valence-corrected chi connectivity index (χ0v) is 23.7. The van der Waals surface area contributed by atoms with Crippen molar-refractivity contribution in [1.29, 1.82) is 5.41 Å². The number of nitrogen functional groups attached to an aromatic ring is 1. The molecule has 1 heterocycles. The largest absolute Gasteiger partial charge is 0.490 e. The van der Waals surface area contributed by atoms with Gasteiger partial charge in [-0.15, -0.1) is 0 Å². The fraction of sp³-hybridized carbons (Fsp3) is 0.407. The second-order valence-corrected chi connectivity index (χ2v) is 10.6. The van der Waals surface area contributed by atoms with Gasteiger partial charge in [0.2, 0.25) is 11.8 Å². The average Bonchev–Trinajstić information content (AvgIpc) is 3.63. The van der Waals surface area contributed by atoms with Crippen molar-refractivity contribution in [1.82, 2.24) is 10.2 Å². The number of carbonyl (C=O) groups is 3. The Kier molecular flexibility index (Phi) is 10.7. The predicted molar refractivity (Wildman–Crippen MR) is 149 cm³/mol. The van der Waals surface area contributed by atoms with E-state index in [9.17, 15) is 22.8 Å². The number of alkyl halides is 3. The van der Waals surface area contributed by atoms with E-state index in [-0.39, 0.29) is 30.3 Å². The van der Waals surface area contributed by atoms with Gasteiger partial charge in [-0.2, -0.15) is 13.2 Å². The highest BCUT2D eigenvalue weighted by Gasteiger charge is 2.38. The predicted octanol–water partition coefficient (Wildman–Crippen LogP) is 4.19. The lowest BCUT2D eigenvalue weighted by Gasteiger charge is -2.19. The Balaban J connectivity index is 0.000000587. The first-order valence-corrected chi connectivity index (χ1v) is 13.6. The molecule has 0 aromatic heterocycles. The number of hydrogen-bond donors (Lipinski definition) is 5. The van der Waals surface area contributed by atoms with E-state index in [0.717, 1.165) is 41.3 Å². The third kappa shape index (κ3) is 10.0. The molecule has 2 amide bonds. The zero-order valence-electron chi connectivity index (χ0n) is 22.1. The number of amidine groups is 1. The number of ether oxygens (including phenoxy) is 1. The molecule has 1 saturated heterocycles. The molecule has 1 saturated carbocycles. The smallest absolute Gasteiger partial charge is 0.488 e. The van der Waals surface area contributed by atoms with Crippen LogP contribution in [-0.4, -0.2) is 65.0 Å². The second-order valence-electron chi connectivity index (χ2n) is 9.75. The monoisotopic (exact) mass is 641 g/mol. The van der Waals surface area contributed by atoms with Gasteiger partial charge in [0.15, 0.2) is 0 Å². The summed E-state index contributed by atoms with van der Waals surface area (Å²) in [5, 5.41) is 20.1. The normalized spacial score (nSPS) is 17.5. The first-order chi connectivity index (χ1) is 19.2. The van der Waals surface area contributed by atoms with Crippen molar-refractivity contribution >= 4 is 45.2 Å². The molecule has 6 N–H and O–H groups in total. The molecule has 2 unspecified atom stereocenters. The summed E-state index contributed by atoms with van der Waals surface area (Å²) < 4.78 is 38.8. The number of hydrogen-bond acceptors (Lipinski definition) is 6. The van der Waals surface area contributed by atoms with Crippen LogP contribution in [0.3, 0.4) is 0 Å². The number of nitrogens with two attached hydrogens (primary N) is 1. The lowest BCUT2D eigenvalue weighted by molar-refractivity contribution is -0.192. The van der Waals surface area contributed by atoms with E-state index in [1.807, 2.05) is 25.1 Å². The molecule has 14 heteroatoms. The minimum Gasteiger partial charge on any atom is -0.488 e. The van der Waals surface area contributed by atoms with E-state index in [2.05, 4.69) is 31.5 Å². The number of halogens is 4. The number of carboxylic acid groups (broad SMARTS) is 1. The summed E-state index contributed by atoms with van der Waals surface area (Å²) in [6.45, 7) is 3.96. The molecule has 1 aliphatic carbocycles. The summed E-state index contributed by atoms with van der Waals surface area (Å²) in [7, 11) is 0. The molecule has 2 aromatic carbocycles. The van der Waals surface area contributed by atoms with E-state index in [4.69, 9.17) is 25.8 Å². The highest BCUT2D eigenvalue weighted by Crippen LogP contribution is 2.33. The molecular weight excluding hydrogens is 611 g/mol. The van der Waals surface area contributed by atoms with Crippen molar-refractivity contribution in [3.63, 3.8) is 0 Å². The van der Waals surface area contributed by atoms with Crippen molar-refractivity contribution in [3.8, 4) is 5.75 Å². The average molecular weight is 642 g/mol. The van der Waals surface area contributed by atoms with Crippen LogP contribution < -0.4 is 21.1 Å². The van der Waals surface area contributed by atoms with Crippen LogP contribution in [0.2, 0.25) is 0 Å². The Morgan fingerprint density at radius 2 is 1.78 bits per heavy atom. The van der Waals surface area contributed by atoms with Gasteiger partial charge < -0.3 is 26.2 Å². The molecule has 222 valence electrons. The van der Waals surface area contributed by atoms with Crippen LogP contribution in [0.4, 0.5) is 18.9 Å². The van der Waals surface area contributed by atoms with Gasteiger partial charge in [-0.25, -0.2) is 4.79 Å². The fourth-order valence-electron chi connectivity index (χ4n) is 4.14. The number of anilines is 1. The first-order valence-electron chi connectivity index (χ1n) is 12.8. The SMILES string of the molecule is CC(NC(=O)CC(=O)Nc1ccc(C(=N)N)cc1)c1ccc(OC2CCN(C3CC3)C2)c(Br)c1.O=C(O)C(F)(F)F. The molecule has 41 heavy (non-hydrogen) atoms. The summed E-state index contributed by atoms with van der Waals surface area (Å²) in [6, 6.07) is 12.9. The molecule has 0 spiro atoms. The number of carbonyl (C=O) groups excluding carboxylic acids is 2. The van der Waals surface area contributed by atoms with Crippen LogP contribution in [0.1, 0.15) is 49.8 Å². The fourth-order valence-corrected chi connectivity index (χ4v) is 4.63. The minimum atomic E-state index is -5.08. The van der Waals surface area contributed by atoms with Crippen molar-refractivity contribution < 1.29 is 37.4 Å². The number of rotatable bonds is 9. The minimum absolute atomic E-state index is 0.0452. The summed E-state index contributed by atoms with van der Waals surface area (Å²) in [5.74, 6) is -2.78. The standard InChI is InChI=1S/C25H30BrN5O3.C2HF3O2/c1-15(29-23(32)13-24(33)30-18-5-2-16(3-6-18)25(27)28)17-4-9-22(21(26)12-17)34-20-10-11-31(14-20)19-7-8-19;3-2(4,5)1(6)7/h2-6,9,12,15,19-20H,7-8,10-11,13-14H2,1H3,(H3,27,28)(H,29,32)(H,30,33);(H,6,7). The summed E-state index contributed by atoms with van der Waals surface area (Å²) >= 11 is 3.60. The van der Waals surface area contributed by atoms with E-state index in [1.165, 1.54) is 12.8 Å². The Morgan fingerprint density at radius 1 is 1.15 bits per heavy atom. The molecule has 0 bridgehead atoms. The van der Waals surface area contributed by atoms with Crippen molar-refractivity contribution in [2.24, 2.45) is 5.73 Å². The van der Waals surface area contributed by atoms with Gasteiger partial charge in [-0.1, -0.05) is 6.07 Å². The number of nitrogens with zero attached hydrogens (tertiary/aromatic N) is 1.